The summed E-state index contributed by atoms with van der Waals surface area (Å²) in [6.45, 7) is 0. The van der Waals surface area contributed by atoms with Gasteiger partial charge in [0.2, 0.25) is 5.91 Å². The van der Waals surface area contributed by atoms with Crippen LogP contribution in [0.3, 0.4) is 0 Å². The molecule has 0 atom stereocenters. The number of hydrogen-bond acceptors (Lipinski definition) is 1. The fourth-order valence-corrected chi connectivity index (χ4v) is 1.82. The third kappa shape index (κ3) is 2.84. The standard InChI is InChI=1S/C10H19NO/c1-11(2)10(12)8-9-6-4-3-5-7-9/h9H,3-8H2,1-2H3. The van der Waals surface area contributed by atoms with Crippen molar-refractivity contribution in [1.29, 1.82) is 0 Å². The lowest BCUT2D eigenvalue weighted by atomic mass is 9.87. The Balaban J connectivity index is 2.24. The Kier molecular flexibility index (Phi) is 3.57. The van der Waals surface area contributed by atoms with Gasteiger partial charge >= 0.3 is 0 Å². The number of nitrogens with zero attached hydrogens (tertiary/aromatic N) is 1. The minimum Gasteiger partial charge on any atom is -0.349 e. The van der Waals surface area contributed by atoms with Gasteiger partial charge in [0.15, 0.2) is 0 Å². The van der Waals surface area contributed by atoms with Gasteiger partial charge in [-0.05, 0) is 18.8 Å². The van der Waals surface area contributed by atoms with E-state index in [0.717, 1.165) is 6.42 Å². The normalized spacial score (nSPS) is 19.2. The van der Waals surface area contributed by atoms with Crippen molar-refractivity contribution in [2.75, 3.05) is 14.1 Å². The van der Waals surface area contributed by atoms with Gasteiger partial charge in [-0.1, -0.05) is 19.3 Å². The van der Waals surface area contributed by atoms with Gasteiger partial charge in [0.1, 0.15) is 0 Å². The fourth-order valence-electron chi connectivity index (χ4n) is 1.82. The zero-order chi connectivity index (χ0) is 8.97. The maximum Gasteiger partial charge on any atom is 0.222 e. The van der Waals surface area contributed by atoms with Crippen LogP contribution in [0.4, 0.5) is 0 Å². The molecule has 70 valence electrons. The topological polar surface area (TPSA) is 20.3 Å². The van der Waals surface area contributed by atoms with Gasteiger partial charge in [-0.15, -0.1) is 0 Å². The van der Waals surface area contributed by atoms with Gasteiger partial charge in [0.05, 0.1) is 0 Å². The predicted molar refractivity (Wildman–Crippen MR) is 49.9 cm³/mol. The van der Waals surface area contributed by atoms with Crippen molar-refractivity contribution in [3.63, 3.8) is 0 Å². The lowest BCUT2D eigenvalue weighted by Crippen LogP contribution is -2.25. The van der Waals surface area contributed by atoms with Crippen LogP contribution in [0, 0.1) is 5.92 Å². The molecule has 1 amide bonds. The molecule has 0 heterocycles. The number of carbonyl (C=O) groups excluding carboxylic acids is 1. The zero-order valence-corrected chi connectivity index (χ0v) is 8.18. The first-order chi connectivity index (χ1) is 5.70. The highest BCUT2D eigenvalue weighted by Gasteiger charge is 2.17. The SMILES string of the molecule is CN(C)C(=O)CC1CCCCC1. The Bertz CT molecular complexity index is 148. The predicted octanol–water partition coefficient (Wildman–Crippen LogP) is 2.04. The highest BCUT2D eigenvalue weighted by atomic mass is 16.2. The minimum absolute atomic E-state index is 0.293. The second-order valence-electron chi connectivity index (χ2n) is 4.00. The summed E-state index contributed by atoms with van der Waals surface area (Å²) in [6, 6.07) is 0. The van der Waals surface area contributed by atoms with E-state index < -0.39 is 0 Å². The third-order valence-electron chi connectivity index (χ3n) is 2.69. The van der Waals surface area contributed by atoms with E-state index in [9.17, 15) is 4.79 Å². The van der Waals surface area contributed by atoms with Gasteiger partial charge in [-0.3, -0.25) is 4.79 Å². The Labute approximate surface area is 74.9 Å². The Morgan fingerprint density at radius 3 is 2.33 bits per heavy atom. The molecule has 0 bridgehead atoms. The van der Waals surface area contributed by atoms with Crippen LogP contribution in [0.1, 0.15) is 38.5 Å². The fraction of sp³-hybridized carbons (Fsp3) is 0.900. The van der Waals surface area contributed by atoms with Crippen molar-refractivity contribution in [3.8, 4) is 0 Å². The minimum atomic E-state index is 0.293. The molecule has 1 aliphatic carbocycles. The molecule has 2 heteroatoms. The first-order valence-electron chi connectivity index (χ1n) is 4.90. The zero-order valence-electron chi connectivity index (χ0n) is 8.18. The van der Waals surface area contributed by atoms with Crippen LogP contribution in [0.2, 0.25) is 0 Å². The van der Waals surface area contributed by atoms with Crippen molar-refractivity contribution >= 4 is 5.91 Å². The molecule has 1 fully saturated rings. The maximum absolute atomic E-state index is 11.3. The molecule has 0 radical (unpaired) electrons. The molecule has 12 heavy (non-hydrogen) atoms. The van der Waals surface area contributed by atoms with Crippen LogP contribution in [0.25, 0.3) is 0 Å². The lowest BCUT2D eigenvalue weighted by molar-refractivity contribution is -0.129. The molecule has 0 aliphatic heterocycles. The van der Waals surface area contributed by atoms with Gasteiger partial charge < -0.3 is 4.90 Å². The number of hydrogen-bond donors (Lipinski definition) is 0. The van der Waals surface area contributed by atoms with Gasteiger partial charge in [0.25, 0.3) is 0 Å². The first-order valence-corrected chi connectivity index (χ1v) is 4.90. The van der Waals surface area contributed by atoms with Crippen LogP contribution >= 0.6 is 0 Å². The molecule has 2 nitrogen and oxygen atoms in total. The van der Waals surface area contributed by atoms with Crippen LogP contribution < -0.4 is 0 Å². The largest absolute Gasteiger partial charge is 0.349 e. The molecular weight excluding hydrogens is 150 g/mol. The average molecular weight is 169 g/mol. The number of carbonyl (C=O) groups is 1. The van der Waals surface area contributed by atoms with Crippen molar-refractivity contribution in [2.45, 2.75) is 38.5 Å². The van der Waals surface area contributed by atoms with Gasteiger partial charge in [-0.25, -0.2) is 0 Å². The van der Waals surface area contributed by atoms with E-state index >= 15 is 0 Å². The molecule has 1 rings (SSSR count). The van der Waals surface area contributed by atoms with E-state index in [1.165, 1.54) is 32.1 Å². The van der Waals surface area contributed by atoms with Crippen LogP contribution in [-0.2, 0) is 4.79 Å². The summed E-state index contributed by atoms with van der Waals surface area (Å²) in [5.74, 6) is 0.968. The number of rotatable bonds is 2. The average Bonchev–Trinajstić information content (AvgIpc) is 2.06. The molecule has 0 aromatic heterocycles. The molecule has 0 aromatic carbocycles. The molecular formula is C10H19NO. The summed E-state index contributed by atoms with van der Waals surface area (Å²) < 4.78 is 0. The van der Waals surface area contributed by atoms with E-state index in [4.69, 9.17) is 0 Å². The molecule has 1 aliphatic rings. The maximum atomic E-state index is 11.3. The molecule has 0 saturated heterocycles. The van der Waals surface area contributed by atoms with Crippen molar-refractivity contribution in [3.05, 3.63) is 0 Å². The van der Waals surface area contributed by atoms with Gasteiger partial charge in [0, 0.05) is 20.5 Å². The molecule has 0 N–H and O–H groups in total. The van der Waals surface area contributed by atoms with Crippen LogP contribution in [-0.4, -0.2) is 24.9 Å². The van der Waals surface area contributed by atoms with E-state index in [2.05, 4.69) is 0 Å². The summed E-state index contributed by atoms with van der Waals surface area (Å²) in [6.07, 6.45) is 7.32. The molecule has 0 unspecified atom stereocenters. The summed E-state index contributed by atoms with van der Waals surface area (Å²) in [4.78, 5) is 13.0. The van der Waals surface area contributed by atoms with Crippen molar-refractivity contribution in [1.82, 2.24) is 4.90 Å². The Morgan fingerprint density at radius 1 is 1.25 bits per heavy atom. The second kappa shape index (κ2) is 4.48. The van der Waals surface area contributed by atoms with E-state index in [1.54, 1.807) is 4.90 Å². The van der Waals surface area contributed by atoms with E-state index in [0.29, 0.717) is 11.8 Å². The second-order valence-corrected chi connectivity index (χ2v) is 4.00. The summed E-state index contributed by atoms with van der Waals surface area (Å²) in [5.41, 5.74) is 0. The van der Waals surface area contributed by atoms with Crippen LogP contribution in [0.5, 0.6) is 0 Å². The monoisotopic (exact) mass is 169 g/mol. The first kappa shape index (κ1) is 9.56. The smallest absolute Gasteiger partial charge is 0.222 e. The molecule has 0 spiro atoms. The van der Waals surface area contributed by atoms with E-state index in [1.807, 2.05) is 14.1 Å². The Morgan fingerprint density at radius 2 is 1.83 bits per heavy atom. The Hall–Kier alpha value is -0.530. The summed E-state index contributed by atoms with van der Waals surface area (Å²) in [5, 5.41) is 0. The van der Waals surface area contributed by atoms with Gasteiger partial charge in [-0.2, -0.15) is 0 Å². The van der Waals surface area contributed by atoms with E-state index in [-0.39, 0.29) is 0 Å². The van der Waals surface area contributed by atoms with Crippen LogP contribution in [0.15, 0.2) is 0 Å². The quantitative estimate of drug-likeness (QED) is 0.619. The highest BCUT2D eigenvalue weighted by molar-refractivity contribution is 5.75. The third-order valence-corrected chi connectivity index (χ3v) is 2.69. The van der Waals surface area contributed by atoms with Crippen molar-refractivity contribution < 1.29 is 4.79 Å². The van der Waals surface area contributed by atoms with Crippen molar-refractivity contribution in [2.24, 2.45) is 5.92 Å². The molecule has 0 aromatic rings. The summed E-state index contributed by atoms with van der Waals surface area (Å²) >= 11 is 0. The molecule has 1 saturated carbocycles. The highest BCUT2D eigenvalue weighted by Crippen LogP contribution is 2.26. The number of amides is 1. The lowest BCUT2D eigenvalue weighted by Gasteiger charge is -2.22. The summed E-state index contributed by atoms with van der Waals surface area (Å²) in [7, 11) is 3.68.